The molecular formula is C18H22S. The van der Waals surface area contributed by atoms with Gasteiger partial charge in [0.2, 0.25) is 0 Å². The van der Waals surface area contributed by atoms with Crippen molar-refractivity contribution < 1.29 is 0 Å². The lowest BCUT2D eigenvalue weighted by atomic mass is 10.1. The molecule has 0 N–H and O–H groups in total. The third-order valence-electron chi connectivity index (χ3n) is 3.41. The summed E-state index contributed by atoms with van der Waals surface area (Å²) in [6.07, 6.45) is 0. The molecule has 0 heterocycles. The van der Waals surface area contributed by atoms with Gasteiger partial charge in [0.25, 0.3) is 0 Å². The topological polar surface area (TPSA) is 0 Å². The van der Waals surface area contributed by atoms with E-state index in [1.807, 2.05) is 11.8 Å². The minimum absolute atomic E-state index is 1.34. The zero-order valence-electron chi connectivity index (χ0n) is 12.7. The Morgan fingerprint density at radius 1 is 0.526 bits per heavy atom. The number of hydrogen-bond acceptors (Lipinski definition) is 1. The van der Waals surface area contributed by atoms with Crippen molar-refractivity contribution in [3.05, 3.63) is 57.6 Å². The molecule has 0 saturated heterocycles. The highest BCUT2D eigenvalue weighted by molar-refractivity contribution is 7.99. The molecule has 0 atom stereocenters. The molecule has 0 aliphatic rings. The molecule has 0 aliphatic heterocycles. The molecule has 0 aromatic heterocycles. The third-order valence-corrected chi connectivity index (χ3v) is 5.11. The van der Waals surface area contributed by atoms with Gasteiger partial charge in [0.05, 0.1) is 0 Å². The Bertz CT molecular complexity index is 522. The van der Waals surface area contributed by atoms with Crippen LogP contribution in [0.25, 0.3) is 0 Å². The molecule has 0 unspecified atom stereocenters. The van der Waals surface area contributed by atoms with E-state index in [0.717, 1.165) is 0 Å². The Kier molecular flexibility index (Phi) is 4.05. The van der Waals surface area contributed by atoms with Gasteiger partial charge in [0, 0.05) is 9.79 Å². The number of rotatable bonds is 2. The van der Waals surface area contributed by atoms with Crippen molar-refractivity contribution in [2.45, 2.75) is 51.3 Å². The number of benzene rings is 2. The van der Waals surface area contributed by atoms with Crippen molar-refractivity contribution in [2.75, 3.05) is 0 Å². The molecule has 0 saturated carbocycles. The van der Waals surface area contributed by atoms with E-state index in [4.69, 9.17) is 0 Å². The Morgan fingerprint density at radius 2 is 0.789 bits per heavy atom. The van der Waals surface area contributed by atoms with Crippen LogP contribution in [0.15, 0.2) is 34.1 Å². The second-order valence-corrected chi connectivity index (χ2v) is 6.58. The first-order valence-corrected chi connectivity index (χ1v) is 7.53. The minimum Gasteiger partial charge on any atom is -0.0890 e. The Hall–Kier alpha value is -1.21. The zero-order valence-corrected chi connectivity index (χ0v) is 13.5. The largest absolute Gasteiger partial charge is 0.0890 e. The van der Waals surface area contributed by atoms with Gasteiger partial charge in [0.15, 0.2) is 0 Å². The van der Waals surface area contributed by atoms with E-state index in [2.05, 4.69) is 65.8 Å². The van der Waals surface area contributed by atoms with Crippen LogP contribution in [0.3, 0.4) is 0 Å². The second kappa shape index (κ2) is 5.42. The van der Waals surface area contributed by atoms with Crippen LogP contribution in [-0.2, 0) is 0 Å². The van der Waals surface area contributed by atoms with Gasteiger partial charge >= 0.3 is 0 Å². The van der Waals surface area contributed by atoms with Gasteiger partial charge < -0.3 is 0 Å². The molecule has 2 aromatic rings. The third kappa shape index (κ3) is 3.03. The molecule has 0 aliphatic carbocycles. The first-order valence-electron chi connectivity index (χ1n) is 6.72. The van der Waals surface area contributed by atoms with E-state index in [1.165, 1.54) is 43.2 Å². The summed E-state index contributed by atoms with van der Waals surface area (Å²) in [4.78, 5) is 2.81. The molecule has 0 spiro atoms. The van der Waals surface area contributed by atoms with Gasteiger partial charge in [-0.3, -0.25) is 0 Å². The molecule has 2 aromatic carbocycles. The highest BCUT2D eigenvalue weighted by atomic mass is 32.2. The van der Waals surface area contributed by atoms with Crippen LogP contribution < -0.4 is 0 Å². The average molecular weight is 270 g/mol. The average Bonchev–Trinajstić information content (AvgIpc) is 2.25. The quantitative estimate of drug-likeness (QED) is 0.675. The van der Waals surface area contributed by atoms with E-state index in [1.54, 1.807) is 0 Å². The lowest BCUT2D eigenvalue weighted by molar-refractivity contribution is 1.16. The van der Waals surface area contributed by atoms with E-state index in [-0.39, 0.29) is 0 Å². The lowest BCUT2D eigenvalue weighted by Gasteiger charge is -2.15. The maximum atomic E-state index is 2.27. The fourth-order valence-corrected chi connectivity index (χ4v) is 3.84. The van der Waals surface area contributed by atoms with Gasteiger partial charge in [0.1, 0.15) is 0 Å². The normalized spacial score (nSPS) is 10.8. The lowest BCUT2D eigenvalue weighted by Crippen LogP contribution is -1.92. The van der Waals surface area contributed by atoms with Crippen LogP contribution >= 0.6 is 11.8 Å². The molecule has 0 amide bonds. The summed E-state index contributed by atoms with van der Waals surface area (Å²) in [5.74, 6) is 0. The van der Waals surface area contributed by atoms with E-state index in [9.17, 15) is 0 Å². The zero-order chi connectivity index (χ0) is 14.2. The maximum absolute atomic E-state index is 2.27. The summed E-state index contributed by atoms with van der Waals surface area (Å²) in [7, 11) is 0. The van der Waals surface area contributed by atoms with Crippen LogP contribution in [0.5, 0.6) is 0 Å². The van der Waals surface area contributed by atoms with Crippen molar-refractivity contribution in [2.24, 2.45) is 0 Å². The predicted molar refractivity (Wildman–Crippen MR) is 85.4 cm³/mol. The number of aryl methyl sites for hydroxylation is 6. The first kappa shape index (κ1) is 14.2. The summed E-state index contributed by atoms with van der Waals surface area (Å²) in [6, 6.07) is 9.09. The second-order valence-electron chi connectivity index (χ2n) is 5.56. The van der Waals surface area contributed by atoms with Crippen molar-refractivity contribution in [3.63, 3.8) is 0 Å². The summed E-state index contributed by atoms with van der Waals surface area (Å²) in [5, 5.41) is 0. The molecule has 2 rings (SSSR count). The van der Waals surface area contributed by atoms with Crippen LogP contribution in [0.2, 0.25) is 0 Å². The molecular weight excluding hydrogens is 248 g/mol. The van der Waals surface area contributed by atoms with Crippen molar-refractivity contribution in [1.82, 2.24) is 0 Å². The monoisotopic (exact) mass is 270 g/mol. The number of hydrogen-bond donors (Lipinski definition) is 0. The molecule has 0 radical (unpaired) electrons. The summed E-state index contributed by atoms with van der Waals surface area (Å²) in [5.41, 5.74) is 8.20. The van der Waals surface area contributed by atoms with Crippen LogP contribution in [0.1, 0.15) is 33.4 Å². The Morgan fingerprint density at radius 3 is 1.05 bits per heavy atom. The summed E-state index contributed by atoms with van der Waals surface area (Å²) < 4.78 is 0. The van der Waals surface area contributed by atoms with E-state index in [0.29, 0.717) is 0 Å². The smallest absolute Gasteiger partial charge is 0.0181 e. The van der Waals surface area contributed by atoms with Gasteiger partial charge in [-0.15, -0.1) is 0 Å². The highest BCUT2D eigenvalue weighted by Crippen LogP contribution is 2.37. The molecule has 0 bridgehead atoms. The molecule has 0 nitrogen and oxygen atoms in total. The van der Waals surface area contributed by atoms with Crippen LogP contribution in [-0.4, -0.2) is 0 Å². The molecule has 1 heteroatoms. The SMILES string of the molecule is Cc1cc(C)c(Sc2c(C)cc(C)cc2C)c(C)c1. The molecule has 19 heavy (non-hydrogen) atoms. The fraction of sp³-hybridized carbons (Fsp3) is 0.333. The highest BCUT2D eigenvalue weighted by Gasteiger charge is 2.10. The van der Waals surface area contributed by atoms with Gasteiger partial charge in [-0.25, -0.2) is 0 Å². The Balaban J connectivity index is 2.48. The van der Waals surface area contributed by atoms with Crippen molar-refractivity contribution >= 4 is 11.8 Å². The molecule has 0 fully saturated rings. The van der Waals surface area contributed by atoms with Crippen LogP contribution in [0.4, 0.5) is 0 Å². The van der Waals surface area contributed by atoms with Gasteiger partial charge in [-0.1, -0.05) is 47.2 Å². The maximum Gasteiger partial charge on any atom is 0.0181 e. The molecule has 100 valence electrons. The van der Waals surface area contributed by atoms with Gasteiger partial charge in [-0.2, -0.15) is 0 Å². The van der Waals surface area contributed by atoms with E-state index < -0.39 is 0 Å². The summed E-state index contributed by atoms with van der Waals surface area (Å²) >= 11 is 1.91. The predicted octanol–water partition coefficient (Wildman–Crippen LogP) is 5.69. The van der Waals surface area contributed by atoms with Gasteiger partial charge in [-0.05, 0) is 63.8 Å². The summed E-state index contributed by atoms with van der Waals surface area (Å²) in [6.45, 7) is 13.2. The minimum atomic E-state index is 1.34. The van der Waals surface area contributed by atoms with Crippen molar-refractivity contribution in [3.8, 4) is 0 Å². The van der Waals surface area contributed by atoms with E-state index >= 15 is 0 Å². The Labute approximate surface area is 121 Å². The fourth-order valence-electron chi connectivity index (χ4n) is 2.76. The first-order chi connectivity index (χ1) is 8.88. The van der Waals surface area contributed by atoms with Crippen LogP contribution in [0, 0.1) is 41.5 Å². The van der Waals surface area contributed by atoms with Crippen molar-refractivity contribution in [1.29, 1.82) is 0 Å². The standard InChI is InChI=1S/C18H22S/c1-11-7-13(3)17(14(4)8-11)19-18-15(5)9-12(2)10-16(18)6/h7-10H,1-6H3.